The lowest BCUT2D eigenvalue weighted by molar-refractivity contribution is -0.145. The van der Waals surface area contributed by atoms with Crippen molar-refractivity contribution in [2.24, 2.45) is 0 Å². The van der Waals surface area contributed by atoms with Gasteiger partial charge in [0.15, 0.2) is 5.54 Å². The van der Waals surface area contributed by atoms with Crippen LogP contribution < -0.4 is 5.32 Å². The summed E-state index contributed by atoms with van der Waals surface area (Å²) in [4.78, 5) is 12.3. The van der Waals surface area contributed by atoms with Crippen molar-refractivity contribution >= 4 is 34.9 Å². The Balaban J connectivity index is 2.51. The maximum absolute atomic E-state index is 12.3. The fraction of sp³-hybridized carbons (Fsp3) is 0.188. The molecule has 0 saturated heterocycles. The summed E-state index contributed by atoms with van der Waals surface area (Å²) in [6.45, 7) is 1.71. The smallest absolute Gasteiger partial charge is 0.335 e. The molecule has 0 saturated carbocycles. The van der Waals surface area contributed by atoms with Crippen LogP contribution in [0.5, 0.6) is 0 Å². The average molecular weight is 324 g/mol. The van der Waals surface area contributed by atoms with Crippen LogP contribution >= 0.6 is 23.2 Å². The first kappa shape index (κ1) is 15.7. The van der Waals surface area contributed by atoms with Gasteiger partial charge in [-0.1, -0.05) is 53.5 Å². The standard InChI is InChI=1S/C16H15Cl2NO2/c1-16(15(20)21-2,11-7-3-4-8-12(11)17)19-14-10-6-5-9-13(14)18/h3-10,19H,1-2H3. The average Bonchev–Trinajstić information content (AvgIpc) is 2.49. The molecule has 0 aromatic heterocycles. The number of hydrogen-bond acceptors (Lipinski definition) is 3. The lowest BCUT2D eigenvalue weighted by Gasteiger charge is -2.30. The zero-order valence-electron chi connectivity index (χ0n) is 11.7. The SMILES string of the molecule is COC(=O)C(C)(Nc1ccccc1Cl)c1ccccc1Cl. The first-order valence-electron chi connectivity index (χ1n) is 6.35. The van der Waals surface area contributed by atoms with Crippen molar-refractivity contribution in [3.63, 3.8) is 0 Å². The molecule has 0 spiro atoms. The van der Waals surface area contributed by atoms with E-state index in [4.69, 9.17) is 27.9 Å². The topological polar surface area (TPSA) is 38.3 Å². The fourth-order valence-corrected chi connectivity index (χ4v) is 2.64. The van der Waals surface area contributed by atoms with E-state index in [1.807, 2.05) is 18.2 Å². The van der Waals surface area contributed by atoms with Gasteiger partial charge in [-0.2, -0.15) is 0 Å². The van der Waals surface area contributed by atoms with Gasteiger partial charge in [-0.05, 0) is 25.1 Å². The number of nitrogens with one attached hydrogen (secondary N) is 1. The van der Waals surface area contributed by atoms with E-state index in [1.54, 1.807) is 37.3 Å². The fourth-order valence-electron chi connectivity index (χ4n) is 2.13. The van der Waals surface area contributed by atoms with Crippen molar-refractivity contribution in [2.75, 3.05) is 12.4 Å². The molecule has 1 unspecified atom stereocenters. The minimum atomic E-state index is -1.14. The first-order valence-corrected chi connectivity index (χ1v) is 7.11. The molecule has 2 aromatic rings. The molecule has 0 radical (unpaired) electrons. The molecule has 2 rings (SSSR count). The lowest BCUT2D eigenvalue weighted by Crippen LogP contribution is -2.41. The second kappa shape index (κ2) is 6.37. The van der Waals surface area contributed by atoms with Crippen LogP contribution in [0.1, 0.15) is 12.5 Å². The quantitative estimate of drug-likeness (QED) is 0.842. The van der Waals surface area contributed by atoms with Crippen molar-refractivity contribution in [3.8, 4) is 0 Å². The Morgan fingerprint density at radius 3 is 2.19 bits per heavy atom. The predicted octanol–water partition coefficient (Wildman–Crippen LogP) is 4.49. The number of rotatable bonds is 4. The van der Waals surface area contributed by atoms with Gasteiger partial charge in [0.1, 0.15) is 0 Å². The Morgan fingerprint density at radius 1 is 1.05 bits per heavy atom. The Morgan fingerprint density at radius 2 is 1.62 bits per heavy atom. The van der Waals surface area contributed by atoms with Gasteiger partial charge in [0, 0.05) is 10.6 Å². The number of ether oxygens (including phenoxy) is 1. The number of benzene rings is 2. The van der Waals surface area contributed by atoms with E-state index in [0.29, 0.717) is 21.3 Å². The Kier molecular flexibility index (Phi) is 4.76. The van der Waals surface area contributed by atoms with E-state index in [0.717, 1.165) is 0 Å². The van der Waals surface area contributed by atoms with E-state index in [-0.39, 0.29) is 0 Å². The maximum atomic E-state index is 12.3. The van der Waals surface area contributed by atoms with Gasteiger partial charge >= 0.3 is 5.97 Å². The summed E-state index contributed by atoms with van der Waals surface area (Å²) in [7, 11) is 1.34. The van der Waals surface area contributed by atoms with Crippen molar-refractivity contribution < 1.29 is 9.53 Å². The molecule has 21 heavy (non-hydrogen) atoms. The van der Waals surface area contributed by atoms with Crippen LogP contribution in [0.2, 0.25) is 10.0 Å². The molecule has 0 amide bonds. The minimum Gasteiger partial charge on any atom is -0.467 e. The zero-order valence-corrected chi connectivity index (χ0v) is 13.2. The molecule has 0 fully saturated rings. The number of esters is 1. The van der Waals surface area contributed by atoms with Gasteiger partial charge in [0.2, 0.25) is 0 Å². The number of hydrogen-bond donors (Lipinski definition) is 1. The number of halogens is 2. The summed E-state index contributed by atoms with van der Waals surface area (Å²) in [5.74, 6) is -0.449. The van der Waals surface area contributed by atoms with E-state index in [2.05, 4.69) is 5.32 Å². The highest BCUT2D eigenvalue weighted by Gasteiger charge is 2.38. The van der Waals surface area contributed by atoms with Crippen molar-refractivity contribution in [1.29, 1.82) is 0 Å². The van der Waals surface area contributed by atoms with Gasteiger partial charge in [-0.15, -0.1) is 0 Å². The summed E-state index contributed by atoms with van der Waals surface area (Å²) < 4.78 is 4.93. The summed E-state index contributed by atoms with van der Waals surface area (Å²) in [5.41, 5.74) is 0.114. The normalized spacial score (nSPS) is 13.3. The van der Waals surface area contributed by atoms with Crippen LogP contribution in [0.25, 0.3) is 0 Å². The molecular weight excluding hydrogens is 309 g/mol. The van der Waals surface area contributed by atoms with Crippen LogP contribution in [0.4, 0.5) is 5.69 Å². The van der Waals surface area contributed by atoms with Crippen LogP contribution in [0.15, 0.2) is 48.5 Å². The van der Waals surface area contributed by atoms with Gasteiger partial charge in [0.05, 0.1) is 17.8 Å². The van der Waals surface area contributed by atoms with Gasteiger partial charge in [-0.3, -0.25) is 0 Å². The molecule has 0 aliphatic rings. The number of para-hydroxylation sites is 1. The first-order chi connectivity index (χ1) is 9.99. The van der Waals surface area contributed by atoms with E-state index < -0.39 is 11.5 Å². The molecule has 5 heteroatoms. The molecule has 1 N–H and O–H groups in total. The molecule has 0 aliphatic heterocycles. The number of anilines is 1. The van der Waals surface area contributed by atoms with Crippen molar-refractivity contribution in [2.45, 2.75) is 12.5 Å². The van der Waals surface area contributed by atoms with Gasteiger partial charge in [0.25, 0.3) is 0 Å². The predicted molar refractivity (Wildman–Crippen MR) is 85.9 cm³/mol. The number of carbonyl (C=O) groups excluding carboxylic acids is 1. The van der Waals surface area contributed by atoms with Crippen molar-refractivity contribution in [1.82, 2.24) is 0 Å². The highest BCUT2D eigenvalue weighted by molar-refractivity contribution is 6.33. The van der Waals surface area contributed by atoms with Crippen LogP contribution in [0, 0.1) is 0 Å². The molecule has 110 valence electrons. The second-order valence-electron chi connectivity index (χ2n) is 4.70. The summed E-state index contributed by atoms with van der Waals surface area (Å²) in [5, 5.41) is 4.13. The van der Waals surface area contributed by atoms with Crippen LogP contribution in [-0.2, 0) is 15.1 Å². The van der Waals surface area contributed by atoms with E-state index in [1.165, 1.54) is 7.11 Å². The minimum absolute atomic E-state index is 0.449. The maximum Gasteiger partial charge on any atom is 0.335 e. The second-order valence-corrected chi connectivity index (χ2v) is 5.52. The summed E-state index contributed by atoms with van der Waals surface area (Å²) >= 11 is 12.4. The van der Waals surface area contributed by atoms with Gasteiger partial charge < -0.3 is 10.1 Å². The third-order valence-electron chi connectivity index (χ3n) is 3.26. The molecule has 0 heterocycles. The molecule has 0 bridgehead atoms. The van der Waals surface area contributed by atoms with E-state index in [9.17, 15) is 4.79 Å². The van der Waals surface area contributed by atoms with E-state index >= 15 is 0 Å². The zero-order chi connectivity index (χ0) is 15.5. The third-order valence-corrected chi connectivity index (χ3v) is 3.92. The Bertz CT molecular complexity index is 660. The lowest BCUT2D eigenvalue weighted by atomic mass is 9.91. The highest BCUT2D eigenvalue weighted by atomic mass is 35.5. The Labute approximate surface area is 133 Å². The summed E-state index contributed by atoms with van der Waals surface area (Å²) in [6, 6.07) is 14.3. The molecule has 3 nitrogen and oxygen atoms in total. The molecule has 0 aliphatic carbocycles. The number of carbonyl (C=O) groups is 1. The molecule has 1 atom stereocenters. The monoisotopic (exact) mass is 323 g/mol. The van der Waals surface area contributed by atoms with Crippen LogP contribution in [-0.4, -0.2) is 13.1 Å². The highest BCUT2D eigenvalue weighted by Crippen LogP contribution is 2.34. The molecular formula is C16H15Cl2NO2. The Hall–Kier alpha value is -1.71. The van der Waals surface area contributed by atoms with Crippen LogP contribution in [0.3, 0.4) is 0 Å². The largest absolute Gasteiger partial charge is 0.467 e. The third kappa shape index (κ3) is 3.14. The van der Waals surface area contributed by atoms with Crippen molar-refractivity contribution in [3.05, 3.63) is 64.1 Å². The van der Waals surface area contributed by atoms with Gasteiger partial charge in [-0.25, -0.2) is 4.79 Å². The number of methoxy groups -OCH3 is 1. The molecule has 2 aromatic carbocycles. The summed E-state index contributed by atoms with van der Waals surface area (Å²) in [6.07, 6.45) is 0.